The molecular weight excluding hydrogens is 1950 g/mol. The molecule has 7 amide bonds. The van der Waals surface area contributed by atoms with Gasteiger partial charge in [-0.3, -0.25) is 33.6 Å². The Morgan fingerprint density at radius 3 is 0.727 bits per heavy atom. The molecule has 0 radical (unpaired) electrons. The lowest BCUT2D eigenvalue weighted by Gasteiger charge is -2.52. The van der Waals surface area contributed by atoms with Crippen LogP contribution < -0.4 is 37.2 Å². The van der Waals surface area contributed by atoms with Gasteiger partial charge < -0.3 is 280 Å². The van der Waals surface area contributed by atoms with Crippen molar-refractivity contribution in [2.24, 2.45) is 0 Å². The quantitative estimate of drug-likeness (QED) is 0.0273. The lowest BCUT2D eigenvalue weighted by Crippen LogP contribution is -2.71. The van der Waals surface area contributed by atoms with E-state index in [9.17, 15) is 177 Å². The lowest BCUT2D eigenvalue weighted by atomic mass is 9.93. The molecule has 11 rings (SSSR count). The molecule has 63 heteroatoms. The van der Waals surface area contributed by atoms with E-state index in [2.05, 4.69) is 37.2 Å². The van der Waals surface area contributed by atoms with Gasteiger partial charge in [-0.2, -0.15) is 0 Å². The number of amides is 7. The zero-order valence-corrected chi connectivity index (χ0v) is 77.5. The first-order valence-corrected chi connectivity index (χ1v) is 45.6. The highest BCUT2D eigenvalue weighted by atomic mass is 16.8. The third-order valence-corrected chi connectivity index (χ3v) is 25.8. The van der Waals surface area contributed by atoms with Gasteiger partial charge in [-0.1, -0.05) is 0 Å². The van der Waals surface area contributed by atoms with Crippen LogP contribution in [0.15, 0.2) is 0 Å². The maximum Gasteiger partial charge on any atom is 0.217 e. The fraction of sp³-hybridized carbons (Fsp3) is 0.912. The van der Waals surface area contributed by atoms with Crippen LogP contribution in [-0.4, -0.2) is 594 Å². The summed E-state index contributed by atoms with van der Waals surface area (Å²) in [5.74, 6) is -6.52. The average Bonchev–Trinajstić information content (AvgIpc) is 0.761. The monoisotopic (exact) mass is 2090 g/mol. The predicted molar refractivity (Wildman–Crippen MR) is 444 cm³/mol. The van der Waals surface area contributed by atoms with Gasteiger partial charge in [0.1, 0.15) is 268 Å². The highest BCUT2D eigenvalue weighted by Crippen LogP contribution is 2.42. The molecule has 0 aromatic heterocycles. The van der Waals surface area contributed by atoms with Gasteiger partial charge in [-0.15, -0.1) is 0 Å². The van der Waals surface area contributed by atoms with Gasteiger partial charge >= 0.3 is 0 Å². The van der Waals surface area contributed by atoms with Gasteiger partial charge in [0.15, 0.2) is 69.2 Å². The van der Waals surface area contributed by atoms with Crippen LogP contribution in [0.2, 0.25) is 0 Å². The van der Waals surface area contributed by atoms with Gasteiger partial charge in [-0.25, -0.2) is 0 Å². The smallest absolute Gasteiger partial charge is 0.217 e. The van der Waals surface area contributed by atoms with Crippen LogP contribution in [0.3, 0.4) is 0 Å². The van der Waals surface area contributed by atoms with Crippen LogP contribution in [-0.2, 0) is 133 Å². The number of hydrogen-bond acceptors (Lipinski definition) is 56. The summed E-state index contributed by atoms with van der Waals surface area (Å²) in [5, 5.41) is 337. The largest absolute Gasteiger partial charge is 0.394 e. The van der Waals surface area contributed by atoms with Crippen molar-refractivity contribution in [1.29, 1.82) is 0 Å². The SMILES string of the molecule is CC(=O)N[C@H]1[C@H](O[C@H]2[C@H](O)[C@@H](NC(C)=O)C(O)O[C@@H]2CO)O[C@H](CO)[C@@H](O[C@@H]2O[C@H](CO[C@H]3O[C@H](CO[C@@H]4O[C@H](CO)[C@@H](O)[C@H](O)[C@H]4NC(C)=O)[C@@H](O)[C@H](O)[C@@H]3O[C@@H]3O[C@H](CO)[C@@H](O[C@@H]4O[C@H](CO)[C@H](O)[C@H](O[C@@H]5O[C@H](CO)[C@@H](O)[C@H](O)[C@H]5NC(C)=O)[C@H]4O)[C@H](O)[C@H]3NC(C)=O)[C@@H](O)[C@H](O[C@H]3O[C@H](CO)[C@@H](O[C@@H]4O[C@H](CO)[C@@H](O)[C@H](O)[C@H]4NC(C)=O)[C@H](O)[C@@H]3O[C@@H]3O[C@H](CO)[C@@H](O)[C@H](O)[C@H]3NC(C)=O)[C@@H]2O)[C@@H]1O. The Morgan fingerprint density at radius 1 is 0.182 bits per heavy atom. The van der Waals surface area contributed by atoms with Crippen molar-refractivity contribution in [1.82, 2.24) is 37.2 Å². The number of aliphatic hydroxyl groups is 28. The first-order valence-electron chi connectivity index (χ1n) is 45.6. The Kier molecular flexibility index (Phi) is 42.7. The summed E-state index contributed by atoms with van der Waals surface area (Å²) in [6.45, 7) is -6.26. The summed E-state index contributed by atoms with van der Waals surface area (Å²) in [4.78, 5) is 89.8. The molecule has 55 atom stereocenters. The Morgan fingerprint density at radius 2 is 0.385 bits per heavy atom. The molecule has 11 aliphatic heterocycles. The summed E-state index contributed by atoms with van der Waals surface area (Å²) in [7, 11) is 0. The van der Waals surface area contributed by atoms with Crippen molar-refractivity contribution in [2.45, 2.75) is 386 Å². The van der Waals surface area contributed by atoms with Crippen molar-refractivity contribution in [3.63, 3.8) is 0 Å². The highest BCUT2D eigenvalue weighted by molar-refractivity contribution is 5.75. The third-order valence-electron chi connectivity index (χ3n) is 25.8. The number of carbonyl (C=O) groups is 7. The third kappa shape index (κ3) is 26.9. The number of nitrogens with one attached hydrogen (secondary N) is 7. The number of rotatable bonds is 38. The van der Waals surface area contributed by atoms with Crippen LogP contribution >= 0.6 is 0 Å². The number of carbonyl (C=O) groups excluding carboxylic acids is 7. The second kappa shape index (κ2) is 51.9. The van der Waals surface area contributed by atoms with Gasteiger partial charge in [0.25, 0.3) is 0 Å². The summed E-state index contributed by atoms with van der Waals surface area (Å²) in [6, 6.07) is -13.2. The van der Waals surface area contributed by atoms with E-state index in [-0.39, 0.29) is 0 Å². The molecule has 63 nitrogen and oxygen atoms in total. The minimum atomic E-state index is -2.74. The van der Waals surface area contributed by atoms with Gasteiger partial charge in [0, 0.05) is 48.5 Å². The number of hydrogen-bond donors (Lipinski definition) is 35. The summed E-state index contributed by atoms with van der Waals surface area (Å²) in [5.41, 5.74) is 0. The van der Waals surface area contributed by atoms with Crippen molar-refractivity contribution < 1.29 is 276 Å². The molecule has 35 N–H and O–H groups in total. The van der Waals surface area contributed by atoms with E-state index < -0.39 is 451 Å². The maximum atomic E-state index is 13.5. The molecule has 0 aliphatic carbocycles. The molecule has 143 heavy (non-hydrogen) atoms. The molecule has 1 unspecified atom stereocenters. The van der Waals surface area contributed by atoms with Crippen LogP contribution in [0.4, 0.5) is 0 Å². The first-order chi connectivity index (χ1) is 67.6. The number of ether oxygens (including phenoxy) is 21. The van der Waals surface area contributed by atoms with Crippen LogP contribution in [0.25, 0.3) is 0 Å². The molecule has 0 bridgehead atoms. The second-order valence-electron chi connectivity index (χ2n) is 36.0. The molecule has 0 aromatic carbocycles. The number of aliphatic hydroxyl groups excluding tert-OH is 28. The molecule has 11 aliphatic rings. The lowest BCUT2D eigenvalue weighted by molar-refractivity contribution is -0.403. The normalized spacial score (nSPS) is 47.3. The van der Waals surface area contributed by atoms with E-state index in [0.29, 0.717) is 0 Å². The zero-order chi connectivity index (χ0) is 105. The molecule has 11 fully saturated rings. The second-order valence-corrected chi connectivity index (χ2v) is 36.0. The fourth-order valence-corrected chi connectivity index (χ4v) is 18.5. The zero-order valence-electron chi connectivity index (χ0n) is 77.5. The Hall–Kier alpha value is -5.67. The van der Waals surface area contributed by atoms with Crippen LogP contribution in [0, 0.1) is 0 Å². The van der Waals surface area contributed by atoms with Crippen LogP contribution in [0.5, 0.6) is 0 Å². The molecule has 824 valence electrons. The van der Waals surface area contributed by atoms with E-state index in [0.717, 1.165) is 48.5 Å². The fourth-order valence-electron chi connectivity index (χ4n) is 18.5. The molecule has 0 aromatic rings. The minimum Gasteiger partial charge on any atom is -0.394 e. The van der Waals surface area contributed by atoms with E-state index in [4.69, 9.17) is 99.5 Å². The summed E-state index contributed by atoms with van der Waals surface area (Å²) < 4.78 is 128. The van der Waals surface area contributed by atoms with Crippen molar-refractivity contribution in [3.8, 4) is 0 Å². The van der Waals surface area contributed by atoms with Gasteiger partial charge in [0.2, 0.25) is 41.4 Å². The van der Waals surface area contributed by atoms with Crippen molar-refractivity contribution in [3.05, 3.63) is 0 Å². The minimum absolute atomic E-state index is 0.834. The molecular formula is C80H133N7O56. The van der Waals surface area contributed by atoms with Crippen molar-refractivity contribution >= 4 is 41.4 Å². The maximum absolute atomic E-state index is 13.5. The van der Waals surface area contributed by atoms with E-state index >= 15 is 0 Å². The highest BCUT2D eigenvalue weighted by Gasteiger charge is 2.63. The standard InChI is InChI=1S/C80H133N7O56/c1-19(97)81-37-55(115)62(31(13-93)125-70(37)122)136-75-42(86-24(6)102)56(116)64(32(14-94)131-75)139-78-61(121)67(141-80-69(143-74-41(85-23(5)101)54(114)47(107)29(11-91)129-74)59(119)65(34(16-96)133-80)137-72-39(83-21(3)99)52(112)45(105)27(9-89)127-72)50(110)36(134-78)18-124-79-68(58(118)48(108)35(135-79)17-123-71-38(82-20(2)98)51(111)44(104)26(8-88)126-71)142-76-43(87-25(7)103)57(117)63(33(15-95)132-76)138-77-60(120)66(49(109)30(12-92)130-77)140-73-40(84-22(4)100)53(113)46(106)28(10-90)128-73/h26-80,88-96,104-122H,8-18H2,1-7H3,(H,81,97)(H,82,98)(H,83,99)(H,84,100)(H,85,101)(H,86,102)(H,87,103)/t26-,27-,28-,29-,30-,31-,32-,33-,34-,35-,36-,37-,38-,39-,40-,41-,42-,43-,44-,45-,46-,47-,48-,49+,50-,51-,52-,53-,54-,55-,56-,57-,58+,59+,60-,61+,62-,63-,64-,65-,66+,67+,68+,69+,70?,71-,72+,73+,74+,75+,76+,77+,78+,79+,80-/m1/s1. The van der Waals surface area contributed by atoms with E-state index in [1.807, 2.05) is 0 Å². The van der Waals surface area contributed by atoms with Crippen LogP contribution in [0.1, 0.15) is 48.5 Å². The molecule has 0 saturated carbocycles. The summed E-state index contributed by atoms with van der Waals surface area (Å²) in [6.07, 6.45) is -105. The Balaban J connectivity index is 0.988. The van der Waals surface area contributed by atoms with Gasteiger partial charge in [0.05, 0.1) is 72.7 Å². The Labute approximate surface area is 810 Å². The predicted octanol–water partition coefficient (Wildman–Crippen LogP) is -24.0. The Bertz CT molecular complexity index is 4050. The van der Waals surface area contributed by atoms with E-state index in [1.165, 1.54) is 0 Å². The van der Waals surface area contributed by atoms with Gasteiger partial charge in [-0.05, 0) is 0 Å². The van der Waals surface area contributed by atoms with E-state index in [1.54, 1.807) is 0 Å². The molecule has 11 heterocycles. The molecule has 0 spiro atoms. The average molecular weight is 2090 g/mol. The van der Waals surface area contributed by atoms with Crippen molar-refractivity contribution in [2.75, 3.05) is 72.7 Å². The topological polar surface area (TPSA) is 964 Å². The molecule has 11 saturated heterocycles. The first kappa shape index (κ1) is 118. The summed E-state index contributed by atoms with van der Waals surface area (Å²) >= 11 is 0.